The van der Waals surface area contributed by atoms with Crippen LogP contribution in [0.5, 0.6) is 0 Å². The Labute approximate surface area is 113 Å². The molecule has 0 fully saturated rings. The van der Waals surface area contributed by atoms with Gasteiger partial charge in [0.25, 0.3) is 0 Å². The van der Waals surface area contributed by atoms with Gasteiger partial charge in [0, 0.05) is 24.9 Å². The van der Waals surface area contributed by atoms with E-state index in [4.69, 9.17) is 0 Å². The highest BCUT2D eigenvalue weighted by Gasteiger charge is 2.35. The fourth-order valence-electron chi connectivity index (χ4n) is 2.65. The largest absolute Gasteiger partial charge is 0.388 e. The van der Waals surface area contributed by atoms with Gasteiger partial charge in [-0.05, 0) is 38.8 Å². The van der Waals surface area contributed by atoms with E-state index in [1.54, 1.807) is 0 Å². The first-order valence-corrected chi connectivity index (χ1v) is 7.14. The average molecular weight is 249 g/mol. The second kappa shape index (κ2) is 6.24. The fourth-order valence-corrected chi connectivity index (χ4v) is 2.65. The van der Waals surface area contributed by atoms with Gasteiger partial charge in [0.15, 0.2) is 0 Å². The molecule has 1 aromatic rings. The third kappa shape index (κ3) is 2.69. The Bertz CT molecular complexity index is 346. The molecule has 0 bridgehead atoms. The normalized spacial score (nSPS) is 17.9. The summed E-state index contributed by atoms with van der Waals surface area (Å²) in [6.45, 7) is 9.29. The van der Waals surface area contributed by atoms with E-state index in [9.17, 15) is 0 Å². The van der Waals surface area contributed by atoms with Crippen molar-refractivity contribution in [3.05, 3.63) is 24.3 Å². The van der Waals surface area contributed by atoms with Crippen LogP contribution in [0.2, 0.25) is 0 Å². The summed E-state index contributed by atoms with van der Waals surface area (Å²) in [7, 11) is 4.34. The minimum absolute atomic E-state index is 0.639. The van der Waals surface area contributed by atoms with E-state index < -0.39 is 0 Å². The predicted octanol–water partition coefficient (Wildman–Crippen LogP) is 4.26. The zero-order valence-electron chi connectivity index (χ0n) is 12.8. The molecule has 0 amide bonds. The smallest absolute Gasteiger partial charge is 0.133 e. The second-order valence-electron chi connectivity index (χ2n) is 5.46. The molecule has 0 aliphatic carbocycles. The molecule has 0 aromatic heterocycles. The maximum absolute atomic E-state index is 3.19. The molecule has 0 aliphatic rings. The van der Waals surface area contributed by atoms with E-state index in [2.05, 4.69) is 64.3 Å². The Kier molecular flexibility index (Phi) is 5.21. The van der Waals surface area contributed by atoms with E-state index >= 15 is 0 Å². The number of rotatable bonds is 6. The molecule has 0 saturated heterocycles. The molecule has 1 aromatic carbocycles. The number of anilines is 1. The number of nitrogens with one attached hydrogen (secondary N) is 1. The first-order chi connectivity index (χ1) is 8.50. The van der Waals surface area contributed by atoms with E-state index in [1.807, 2.05) is 7.05 Å². The van der Waals surface area contributed by atoms with Gasteiger partial charge in [-0.15, -0.1) is 0 Å². The highest BCUT2D eigenvalue weighted by molar-refractivity contribution is 5.53. The average Bonchev–Trinajstić information content (AvgIpc) is 2.44. The lowest BCUT2D eigenvalue weighted by Gasteiger charge is -2.44. The summed E-state index contributed by atoms with van der Waals surface area (Å²) >= 11 is 0. The molecule has 18 heavy (non-hydrogen) atoms. The lowest BCUT2D eigenvalue weighted by Crippen LogP contribution is -2.57. The Morgan fingerprint density at radius 3 is 1.78 bits per heavy atom. The van der Waals surface area contributed by atoms with E-state index in [1.165, 1.54) is 24.2 Å². The van der Waals surface area contributed by atoms with Crippen molar-refractivity contribution in [2.24, 2.45) is 0 Å². The number of hydrogen-bond donors (Lipinski definition) is 1. The van der Waals surface area contributed by atoms with E-state index in [-0.39, 0.29) is 0 Å². The summed E-state index contributed by atoms with van der Waals surface area (Å²) in [6, 6.07) is 10.2. The molecule has 2 heteroatoms. The van der Waals surface area contributed by atoms with Gasteiger partial charge in [-0.3, -0.25) is 4.48 Å². The van der Waals surface area contributed by atoms with Crippen molar-refractivity contribution in [1.29, 1.82) is 0 Å². The van der Waals surface area contributed by atoms with Gasteiger partial charge in [-0.2, -0.15) is 0 Å². The Morgan fingerprint density at radius 2 is 1.44 bits per heavy atom. The van der Waals surface area contributed by atoms with Crippen LogP contribution in [0.25, 0.3) is 0 Å². The van der Waals surface area contributed by atoms with Crippen molar-refractivity contribution < 1.29 is 0 Å². The molecule has 2 atom stereocenters. The lowest BCUT2D eigenvalue weighted by atomic mass is 10.0. The van der Waals surface area contributed by atoms with Crippen LogP contribution < -0.4 is 9.80 Å². The molecular weight excluding hydrogens is 220 g/mol. The van der Waals surface area contributed by atoms with Gasteiger partial charge < -0.3 is 5.32 Å². The van der Waals surface area contributed by atoms with E-state index in [0.29, 0.717) is 12.1 Å². The van der Waals surface area contributed by atoms with Gasteiger partial charge in [0.1, 0.15) is 5.69 Å². The van der Waals surface area contributed by atoms with Gasteiger partial charge in [-0.25, -0.2) is 0 Å². The van der Waals surface area contributed by atoms with Crippen LogP contribution in [-0.2, 0) is 0 Å². The summed E-state index contributed by atoms with van der Waals surface area (Å²) in [5, 5.41) is 3.19. The SMILES string of the molecule is CCC(C)[N+](C)(c1ccc(NC)cc1)C(C)CC. The van der Waals surface area contributed by atoms with Crippen LogP contribution in [0.3, 0.4) is 0 Å². The zero-order chi connectivity index (χ0) is 13.8. The number of hydrogen-bond acceptors (Lipinski definition) is 1. The Balaban J connectivity index is 3.16. The third-order valence-electron chi connectivity index (χ3n) is 4.73. The highest BCUT2D eigenvalue weighted by Crippen LogP contribution is 2.31. The summed E-state index contributed by atoms with van der Waals surface area (Å²) in [5.41, 5.74) is 2.59. The monoisotopic (exact) mass is 249 g/mol. The molecule has 2 unspecified atom stereocenters. The van der Waals surface area contributed by atoms with Crippen LogP contribution in [-0.4, -0.2) is 26.2 Å². The standard InChI is InChI=1S/C16H29N2/c1-7-13(3)18(6,14(4)8-2)16-11-9-15(17-5)10-12-16/h9-14,17H,7-8H2,1-6H3/q+1. The lowest BCUT2D eigenvalue weighted by molar-refractivity contribution is 0.189. The Morgan fingerprint density at radius 1 is 1.00 bits per heavy atom. The molecule has 2 nitrogen and oxygen atoms in total. The number of quaternary nitrogens is 1. The molecule has 1 N–H and O–H groups in total. The minimum atomic E-state index is 0.639. The van der Waals surface area contributed by atoms with Crippen molar-refractivity contribution in [3.8, 4) is 0 Å². The van der Waals surface area contributed by atoms with Gasteiger partial charge in [0.2, 0.25) is 0 Å². The van der Waals surface area contributed by atoms with Crippen molar-refractivity contribution in [1.82, 2.24) is 4.48 Å². The summed E-state index contributed by atoms with van der Waals surface area (Å²) in [4.78, 5) is 0. The first kappa shape index (κ1) is 15.0. The highest BCUT2D eigenvalue weighted by atomic mass is 15.4. The molecule has 1 rings (SSSR count). The number of nitrogens with zero attached hydrogens (tertiary/aromatic N) is 1. The molecule has 0 aliphatic heterocycles. The van der Waals surface area contributed by atoms with Crippen LogP contribution in [0.1, 0.15) is 40.5 Å². The van der Waals surface area contributed by atoms with Crippen molar-refractivity contribution in [3.63, 3.8) is 0 Å². The zero-order valence-corrected chi connectivity index (χ0v) is 12.8. The maximum Gasteiger partial charge on any atom is 0.133 e. The molecule has 0 radical (unpaired) electrons. The van der Waals surface area contributed by atoms with Crippen LogP contribution >= 0.6 is 0 Å². The Hall–Kier alpha value is -1.02. The van der Waals surface area contributed by atoms with Gasteiger partial charge in [0.05, 0.1) is 19.1 Å². The first-order valence-electron chi connectivity index (χ1n) is 7.14. The topological polar surface area (TPSA) is 12.0 Å². The van der Waals surface area contributed by atoms with Gasteiger partial charge >= 0.3 is 0 Å². The second-order valence-corrected chi connectivity index (χ2v) is 5.46. The summed E-state index contributed by atoms with van der Waals surface area (Å²) in [6.07, 6.45) is 2.41. The van der Waals surface area contributed by atoms with Crippen LogP contribution in [0, 0.1) is 0 Å². The minimum Gasteiger partial charge on any atom is -0.388 e. The molecule has 0 heterocycles. The number of benzene rings is 1. The third-order valence-corrected chi connectivity index (χ3v) is 4.73. The fraction of sp³-hybridized carbons (Fsp3) is 0.625. The summed E-state index contributed by atoms with van der Waals surface area (Å²) < 4.78 is 1.02. The molecule has 0 saturated carbocycles. The molecular formula is C16H29N2+. The van der Waals surface area contributed by atoms with Crippen molar-refractivity contribution in [2.75, 3.05) is 19.4 Å². The molecule has 0 spiro atoms. The van der Waals surface area contributed by atoms with Crippen LogP contribution in [0.4, 0.5) is 11.4 Å². The quantitative estimate of drug-likeness (QED) is 0.743. The van der Waals surface area contributed by atoms with E-state index in [0.717, 1.165) is 4.48 Å². The predicted molar refractivity (Wildman–Crippen MR) is 83.2 cm³/mol. The van der Waals surface area contributed by atoms with Gasteiger partial charge in [-0.1, -0.05) is 13.8 Å². The molecule has 102 valence electrons. The van der Waals surface area contributed by atoms with Crippen LogP contribution in [0.15, 0.2) is 24.3 Å². The van der Waals surface area contributed by atoms with Crippen molar-refractivity contribution in [2.45, 2.75) is 52.6 Å². The summed E-state index contributed by atoms with van der Waals surface area (Å²) in [5.74, 6) is 0. The maximum atomic E-state index is 3.19. The van der Waals surface area contributed by atoms with Crippen molar-refractivity contribution >= 4 is 11.4 Å².